The van der Waals surface area contributed by atoms with Crippen LogP contribution in [0.4, 0.5) is 5.13 Å². The van der Waals surface area contributed by atoms with Gasteiger partial charge in [0.05, 0.1) is 5.56 Å². The summed E-state index contributed by atoms with van der Waals surface area (Å²) in [6, 6.07) is 6.16. The predicted octanol–water partition coefficient (Wildman–Crippen LogP) is -0.785. The number of nitrogen functional groups attached to an aromatic ring is 1. The highest BCUT2D eigenvalue weighted by molar-refractivity contribution is 8.00. The van der Waals surface area contributed by atoms with Crippen molar-refractivity contribution in [3.8, 4) is 12.1 Å². The Hall–Kier alpha value is -5.00. The Morgan fingerprint density at radius 1 is 1.38 bits per heavy atom. The molecule has 2 aliphatic rings. The van der Waals surface area contributed by atoms with Crippen molar-refractivity contribution >= 4 is 57.6 Å². The SMILES string of the molecule is N#CCO/N=C(/C(=O)N[C@@H]1C(=O)N2C(C(=O)O)=C(C[n+]3ccn4cc(C#N)ccc43)CS[C@H]12)c1nsc(N)n1. The van der Waals surface area contributed by atoms with Crippen LogP contribution in [0.1, 0.15) is 11.4 Å². The quantitative estimate of drug-likeness (QED) is 0.101. The van der Waals surface area contributed by atoms with Gasteiger partial charge in [-0.05, 0) is 6.07 Å². The molecule has 3 aromatic rings. The number of nitrogens with two attached hydrogens (primary N) is 1. The van der Waals surface area contributed by atoms with Gasteiger partial charge in [0.15, 0.2) is 5.13 Å². The molecule has 4 N–H and O–H groups in total. The number of hydrogen-bond donors (Lipinski definition) is 3. The number of aromatic nitrogens is 4. The average Bonchev–Trinajstić information content (AvgIpc) is 3.54. The minimum absolute atomic E-state index is 0.0719. The van der Waals surface area contributed by atoms with Gasteiger partial charge < -0.3 is 21.0 Å². The van der Waals surface area contributed by atoms with E-state index in [9.17, 15) is 19.5 Å². The summed E-state index contributed by atoms with van der Waals surface area (Å²) in [6.07, 6.45) is 5.17. The van der Waals surface area contributed by atoms with E-state index in [1.165, 1.54) is 11.8 Å². The number of nitrogens with one attached hydrogen (secondary N) is 1. The second kappa shape index (κ2) is 10.4. The molecule has 1 saturated heterocycles. The molecule has 0 saturated carbocycles. The Morgan fingerprint density at radius 3 is 2.90 bits per heavy atom. The summed E-state index contributed by atoms with van der Waals surface area (Å²) in [6.45, 7) is -0.232. The number of thioether (sulfide) groups is 1. The molecule has 0 unspecified atom stereocenters. The number of aliphatic carboxylic acids is 1. The van der Waals surface area contributed by atoms with Crippen LogP contribution < -0.4 is 15.6 Å². The van der Waals surface area contributed by atoms with Crippen LogP contribution >= 0.6 is 23.3 Å². The summed E-state index contributed by atoms with van der Waals surface area (Å²) in [5.41, 5.74) is 6.80. The molecule has 2 atom stereocenters. The Labute approximate surface area is 227 Å². The molecule has 2 amide bonds. The highest BCUT2D eigenvalue weighted by Gasteiger charge is 2.54. The van der Waals surface area contributed by atoms with Crippen LogP contribution in [0.5, 0.6) is 0 Å². The van der Waals surface area contributed by atoms with Gasteiger partial charge in [0, 0.05) is 28.9 Å². The number of rotatable bonds is 8. The van der Waals surface area contributed by atoms with Crippen molar-refractivity contribution in [2.75, 3.05) is 18.1 Å². The maximum Gasteiger partial charge on any atom is 0.352 e. The number of imidazole rings is 1. The molecule has 2 aliphatic heterocycles. The predicted molar refractivity (Wildman–Crippen MR) is 134 cm³/mol. The number of carboxylic acids is 1. The minimum atomic E-state index is -1.27. The first-order valence-corrected chi connectivity index (χ1v) is 12.9. The fourth-order valence-electron chi connectivity index (χ4n) is 4.16. The number of hydrogen-bond acceptors (Lipinski definition) is 12. The number of β-lactam (4-membered cyclic amide) rings is 1. The van der Waals surface area contributed by atoms with Crippen LogP contribution in [0.3, 0.4) is 0 Å². The molecular formula is C22H17N10O5S2+. The van der Waals surface area contributed by atoms with E-state index in [1.807, 2.05) is 4.57 Å². The lowest BCUT2D eigenvalue weighted by Gasteiger charge is -2.49. The molecule has 0 bridgehead atoms. The van der Waals surface area contributed by atoms with Crippen molar-refractivity contribution in [2.45, 2.75) is 18.0 Å². The van der Waals surface area contributed by atoms with Crippen molar-refractivity contribution in [3.05, 3.63) is 53.4 Å². The minimum Gasteiger partial charge on any atom is -0.477 e. The molecule has 39 heavy (non-hydrogen) atoms. The van der Waals surface area contributed by atoms with Crippen molar-refractivity contribution in [3.63, 3.8) is 0 Å². The van der Waals surface area contributed by atoms with Gasteiger partial charge in [0.25, 0.3) is 17.5 Å². The van der Waals surface area contributed by atoms with Crippen LogP contribution in [-0.2, 0) is 25.8 Å². The Bertz CT molecular complexity index is 1660. The number of carboxylic acid groups (broad SMARTS) is 1. The number of fused-ring (bicyclic) bond motifs is 2. The summed E-state index contributed by atoms with van der Waals surface area (Å²) in [5.74, 6) is -2.56. The third-order valence-electron chi connectivity index (χ3n) is 5.84. The number of nitrogens with zero attached hydrogens (tertiary/aromatic N) is 8. The van der Waals surface area contributed by atoms with E-state index in [0.29, 0.717) is 16.9 Å². The zero-order chi connectivity index (χ0) is 27.7. The molecule has 5 rings (SSSR count). The van der Waals surface area contributed by atoms with Gasteiger partial charge in [0.2, 0.25) is 18.1 Å². The van der Waals surface area contributed by atoms with E-state index < -0.39 is 35.8 Å². The van der Waals surface area contributed by atoms with Gasteiger partial charge in [0.1, 0.15) is 54.4 Å². The molecule has 0 aromatic carbocycles. The molecular weight excluding hydrogens is 548 g/mol. The van der Waals surface area contributed by atoms with Crippen molar-refractivity contribution < 1.29 is 28.9 Å². The van der Waals surface area contributed by atoms with E-state index in [-0.39, 0.29) is 28.9 Å². The lowest BCUT2D eigenvalue weighted by molar-refractivity contribution is -0.662. The second-order valence-electron chi connectivity index (χ2n) is 8.17. The fourth-order valence-corrected chi connectivity index (χ4v) is 5.93. The average molecular weight is 566 g/mol. The fraction of sp³-hybridized carbons (Fsp3) is 0.227. The summed E-state index contributed by atoms with van der Waals surface area (Å²) in [4.78, 5) is 48.2. The highest BCUT2D eigenvalue weighted by atomic mass is 32.2. The largest absolute Gasteiger partial charge is 0.477 e. The number of pyridine rings is 1. The second-order valence-corrected chi connectivity index (χ2v) is 10.1. The molecule has 0 radical (unpaired) electrons. The van der Waals surface area contributed by atoms with Crippen molar-refractivity contribution in [2.24, 2.45) is 5.16 Å². The first-order chi connectivity index (χ1) is 18.8. The summed E-state index contributed by atoms with van der Waals surface area (Å²) in [5, 5.41) is 33.4. The number of oxime groups is 1. The Kier molecular flexibility index (Phi) is 6.84. The van der Waals surface area contributed by atoms with Gasteiger partial charge in [-0.3, -0.25) is 14.5 Å². The molecule has 1 fully saturated rings. The van der Waals surface area contributed by atoms with Crippen LogP contribution in [0.25, 0.3) is 5.65 Å². The monoisotopic (exact) mass is 565 g/mol. The zero-order valence-electron chi connectivity index (χ0n) is 19.7. The topological polar surface area (TPSA) is 216 Å². The maximum atomic E-state index is 13.1. The standard InChI is InChI=1S/C22H16N10O5S2/c23-3-6-37-28-14(17-27-22(25)39-29-17)18(33)26-15-19(34)32-16(21(35)36)12(10-38-20(15)32)9-31-5-4-30-8-11(7-24)1-2-13(30)31/h1-2,4-5,8,15,20H,6,9-10H2,(H3-,25,26,27,29,33,35,36)/p+1/b28-14+/t15-,20-/m1/s1. The van der Waals surface area contributed by atoms with Gasteiger partial charge in [-0.2, -0.15) is 19.9 Å². The third kappa shape index (κ3) is 4.72. The van der Waals surface area contributed by atoms with Gasteiger partial charge in [-0.1, -0.05) is 5.16 Å². The van der Waals surface area contributed by atoms with Crippen LogP contribution in [0.15, 0.2) is 47.1 Å². The van der Waals surface area contributed by atoms with Gasteiger partial charge >= 0.3 is 5.97 Å². The highest BCUT2D eigenvalue weighted by Crippen LogP contribution is 2.40. The molecule has 15 nitrogen and oxygen atoms in total. The zero-order valence-corrected chi connectivity index (χ0v) is 21.3. The van der Waals surface area contributed by atoms with E-state index >= 15 is 0 Å². The molecule has 0 aliphatic carbocycles. The lowest BCUT2D eigenvalue weighted by atomic mass is 10.0. The molecule has 196 valence electrons. The lowest BCUT2D eigenvalue weighted by Crippen LogP contribution is -2.71. The number of nitriles is 2. The number of carbonyl (C=O) groups excluding carboxylic acids is 2. The number of anilines is 1. The van der Waals surface area contributed by atoms with Crippen LogP contribution in [0.2, 0.25) is 0 Å². The number of carbonyl (C=O) groups is 3. The van der Waals surface area contributed by atoms with E-state index in [4.69, 9.17) is 21.1 Å². The molecule has 17 heteroatoms. The third-order valence-corrected chi connectivity index (χ3v) is 7.72. The first-order valence-electron chi connectivity index (χ1n) is 11.1. The first kappa shape index (κ1) is 25.6. The maximum absolute atomic E-state index is 13.1. The van der Waals surface area contributed by atoms with Crippen molar-refractivity contribution in [1.29, 1.82) is 10.5 Å². The smallest absolute Gasteiger partial charge is 0.352 e. The van der Waals surface area contributed by atoms with Gasteiger partial charge in [-0.15, -0.1) is 11.8 Å². The van der Waals surface area contributed by atoms with Crippen molar-refractivity contribution in [1.82, 2.24) is 24.0 Å². The summed E-state index contributed by atoms with van der Waals surface area (Å²) in [7, 11) is 0. The van der Waals surface area contributed by atoms with Crippen LogP contribution in [-0.4, -0.2) is 71.0 Å². The van der Waals surface area contributed by atoms with E-state index in [1.54, 1.807) is 41.2 Å². The Balaban J connectivity index is 1.36. The Morgan fingerprint density at radius 2 is 2.21 bits per heavy atom. The van der Waals surface area contributed by atoms with Crippen LogP contribution in [0, 0.1) is 22.7 Å². The molecule has 5 heterocycles. The normalized spacial score (nSPS) is 18.7. The summed E-state index contributed by atoms with van der Waals surface area (Å²) < 4.78 is 7.50. The van der Waals surface area contributed by atoms with E-state index in [2.05, 4.69) is 25.9 Å². The number of amides is 2. The van der Waals surface area contributed by atoms with E-state index in [0.717, 1.165) is 22.1 Å². The molecule has 0 spiro atoms. The molecule has 3 aromatic heterocycles. The summed E-state index contributed by atoms with van der Waals surface area (Å²) >= 11 is 2.13. The van der Waals surface area contributed by atoms with Gasteiger partial charge in [-0.25, -0.2) is 13.8 Å².